The van der Waals surface area contributed by atoms with E-state index in [4.69, 9.17) is 4.74 Å². The minimum Gasteiger partial charge on any atom is -0.497 e. The van der Waals surface area contributed by atoms with Crippen LogP contribution in [0.4, 0.5) is 5.69 Å². The van der Waals surface area contributed by atoms with Gasteiger partial charge in [-0.2, -0.15) is 0 Å². The second-order valence-electron chi connectivity index (χ2n) is 7.39. The summed E-state index contributed by atoms with van der Waals surface area (Å²) in [7, 11) is 1.56. The van der Waals surface area contributed by atoms with E-state index in [0.29, 0.717) is 22.1 Å². The molecule has 1 fully saturated rings. The second kappa shape index (κ2) is 8.49. The minimum atomic E-state index is -0.348. The third kappa shape index (κ3) is 4.32. The molecular weight excluding hydrogens is 366 g/mol. The molecule has 1 aliphatic rings. The van der Waals surface area contributed by atoms with E-state index >= 15 is 0 Å². The van der Waals surface area contributed by atoms with Gasteiger partial charge in [0.25, 0.3) is 5.56 Å². The Hall–Kier alpha value is -3.12. The Morgan fingerprint density at radius 1 is 1.10 bits per heavy atom. The Bertz CT molecular complexity index is 1080. The van der Waals surface area contributed by atoms with Gasteiger partial charge in [0.2, 0.25) is 5.88 Å². The number of pyridine rings is 1. The molecule has 2 N–H and O–H groups in total. The van der Waals surface area contributed by atoms with E-state index in [2.05, 4.69) is 27.0 Å². The van der Waals surface area contributed by atoms with Crippen LogP contribution in [0.1, 0.15) is 30.4 Å². The molecule has 29 heavy (non-hydrogen) atoms. The highest BCUT2D eigenvalue weighted by Crippen LogP contribution is 2.26. The summed E-state index contributed by atoms with van der Waals surface area (Å²) in [6, 6.07) is 13.3. The predicted octanol–water partition coefficient (Wildman–Crippen LogP) is 3.98. The van der Waals surface area contributed by atoms with Crippen LogP contribution in [-0.2, 0) is 6.54 Å². The Kier molecular flexibility index (Phi) is 5.62. The number of nitrogens with zero attached hydrogens (tertiary/aromatic N) is 2. The number of methoxy groups -OCH3 is 1. The fourth-order valence-electron chi connectivity index (χ4n) is 3.77. The van der Waals surface area contributed by atoms with Gasteiger partial charge in [-0.25, -0.2) is 0 Å². The molecule has 0 bridgehead atoms. The molecule has 3 aromatic rings. The summed E-state index contributed by atoms with van der Waals surface area (Å²) < 4.78 is 5.25. The van der Waals surface area contributed by atoms with Crippen molar-refractivity contribution in [3.8, 4) is 11.6 Å². The highest BCUT2D eigenvalue weighted by molar-refractivity contribution is 6.02. The van der Waals surface area contributed by atoms with Crippen molar-refractivity contribution in [2.45, 2.75) is 25.8 Å². The molecule has 0 unspecified atom stereocenters. The first-order valence-electron chi connectivity index (χ1n) is 9.92. The van der Waals surface area contributed by atoms with Gasteiger partial charge < -0.3 is 9.84 Å². The maximum absolute atomic E-state index is 12.1. The summed E-state index contributed by atoms with van der Waals surface area (Å²) in [5, 5.41) is 11.3. The van der Waals surface area contributed by atoms with Crippen molar-refractivity contribution in [1.29, 1.82) is 0 Å². The smallest absolute Gasteiger partial charge is 0.258 e. The molecule has 0 amide bonds. The lowest BCUT2D eigenvalue weighted by atomic mass is 10.1. The summed E-state index contributed by atoms with van der Waals surface area (Å²) in [6.45, 7) is 3.30. The van der Waals surface area contributed by atoms with Crippen LogP contribution in [0.25, 0.3) is 10.8 Å². The van der Waals surface area contributed by atoms with Gasteiger partial charge in [0, 0.05) is 23.5 Å². The zero-order valence-corrected chi connectivity index (χ0v) is 16.5. The summed E-state index contributed by atoms with van der Waals surface area (Å²) >= 11 is 0. The van der Waals surface area contributed by atoms with Crippen molar-refractivity contribution < 1.29 is 9.84 Å². The predicted molar refractivity (Wildman–Crippen MR) is 116 cm³/mol. The van der Waals surface area contributed by atoms with Crippen LogP contribution in [0, 0.1) is 0 Å². The quantitative estimate of drug-likeness (QED) is 0.645. The van der Waals surface area contributed by atoms with Crippen molar-refractivity contribution in [1.82, 2.24) is 9.88 Å². The Balaban J connectivity index is 1.58. The number of aromatic nitrogens is 1. The Morgan fingerprint density at radius 3 is 2.59 bits per heavy atom. The maximum Gasteiger partial charge on any atom is 0.258 e. The number of aliphatic imine (C=N–C) groups is 1. The Morgan fingerprint density at radius 2 is 1.86 bits per heavy atom. The average Bonchev–Trinajstić information content (AvgIpc) is 2.75. The van der Waals surface area contributed by atoms with Crippen molar-refractivity contribution in [3.63, 3.8) is 0 Å². The molecule has 2 heterocycles. The number of likely N-dealkylation sites (tertiary alicyclic amines) is 1. The lowest BCUT2D eigenvalue weighted by molar-refractivity contribution is 0.221. The molecule has 0 saturated carbocycles. The molecule has 150 valence electrons. The zero-order chi connectivity index (χ0) is 20.2. The normalized spacial score (nSPS) is 15.2. The summed E-state index contributed by atoms with van der Waals surface area (Å²) in [5.74, 6) is 0.403. The van der Waals surface area contributed by atoms with Gasteiger partial charge in [-0.15, -0.1) is 0 Å². The lowest BCUT2D eigenvalue weighted by Gasteiger charge is -2.26. The number of ether oxygens (including phenoxy) is 1. The number of hydrogen-bond acceptors (Lipinski definition) is 5. The van der Waals surface area contributed by atoms with Crippen LogP contribution in [0.3, 0.4) is 0 Å². The molecule has 1 saturated heterocycles. The van der Waals surface area contributed by atoms with Gasteiger partial charge in [0.15, 0.2) is 0 Å². The van der Waals surface area contributed by atoms with Crippen LogP contribution in [-0.4, -0.2) is 41.4 Å². The molecule has 1 aliphatic heterocycles. The average molecular weight is 391 g/mol. The third-order valence-electron chi connectivity index (χ3n) is 5.38. The molecule has 0 radical (unpaired) electrons. The van der Waals surface area contributed by atoms with Crippen LogP contribution in [0.2, 0.25) is 0 Å². The van der Waals surface area contributed by atoms with Gasteiger partial charge in [0.05, 0.1) is 18.4 Å². The summed E-state index contributed by atoms with van der Waals surface area (Å²) in [4.78, 5) is 21.6. The number of H-pyrrole nitrogens is 1. The molecule has 0 spiro atoms. The fourth-order valence-corrected chi connectivity index (χ4v) is 3.77. The van der Waals surface area contributed by atoms with E-state index in [9.17, 15) is 9.90 Å². The number of aromatic amines is 1. The molecule has 1 aromatic heterocycles. The largest absolute Gasteiger partial charge is 0.497 e. The number of nitrogens with one attached hydrogen (secondary N) is 1. The lowest BCUT2D eigenvalue weighted by Crippen LogP contribution is -2.28. The number of aromatic hydroxyl groups is 1. The number of piperidine rings is 1. The fraction of sp³-hybridized carbons (Fsp3) is 0.304. The third-order valence-corrected chi connectivity index (χ3v) is 5.38. The van der Waals surface area contributed by atoms with Gasteiger partial charge in [-0.1, -0.05) is 18.6 Å². The van der Waals surface area contributed by atoms with Crippen molar-refractivity contribution >= 4 is 22.7 Å². The van der Waals surface area contributed by atoms with E-state index in [1.807, 2.05) is 12.1 Å². The monoisotopic (exact) mass is 391 g/mol. The number of hydrogen-bond donors (Lipinski definition) is 2. The number of fused-ring (bicyclic) bond motifs is 1. The van der Waals surface area contributed by atoms with E-state index in [1.54, 1.807) is 31.5 Å². The van der Waals surface area contributed by atoms with Crippen molar-refractivity contribution in [2.24, 2.45) is 4.99 Å². The molecular formula is C23H25N3O3. The first-order valence-corrected chi connectivity index (χ1v) is 9.92. The topological polar surface area (TPSA) is 77.9 Å². The minimum absolute atomic E-state index is 0.207. The molecule has 6 heteroatoms. The highest BCUT2D eigenvalue weighted by atomic mass is 16.5. The van der Waals surface area contributed by atoms with E-state index in [1.165, 1.54) is 37.9 Å². The van der Waals surface area contributed by atoms with Crippen LogP contribution >= 0.6 is 0 Å². The van der Waals surface area contributed by atoms with Crippen molar-refractivity contribution in [3.05, 3.63) is 63.9 Å². The standard InChI is InChI=1S/C23H25N3O3/c1-29-18-9-10-19-20(13-18)21(23(28)25-22(19)27)14-24-17-7-5-16(6-8-17)15-26-11-3-2-4-12-26/h5-10,13-14H,2-4,11-12,15H2,1H3,(H2,25,27,28). The Labute approximate surface area is 169 Å². The first-order chi connectivity index (χ1) is 14.1. The molecule has 6 nitrogen and oxygen atoms in total. The maximum atomic E-state index is 12.1. The zero-order valence-electron chi connectivity index (χ0n) is 16.5. The van der Waals surface area contributed by atoms with Gasteiger partial charge in [0.1, 0.15) is 5.75 Å². The molecule has 0 aliphatic carbocycles. The molecule has 0 atom stereocenters. The van der Waals surface area contributed by atoms with Crippen molar-refractivity contribution in [2.75, 3.05) is 20.2 Å². The molecule has 4 rings (SSSR count). The summed E-state index contributed by atoms with van der Waals surface area (Å²) in [5.41, 5.74) is 2.16. The summed E-state index contributed by atoms with van der Waals surface area (Å²) in [6.07, 6.45) is 5.47. The van der Waals surface area contributed by atoms with Crippen LogP contribution < -0.4 is 10.3 Å². The van der Waals surface area contributed by atoms with E-state index in [-0.39, 0.29) is 11.4 Å². The number of benzene rings is 2. The van der Waals surface area contributed by atoms with E-state index in [0.717, 1.165) is 12.2 Å². The van der Waals surface area contributed by atoms with Gasteiger partial charge in [-0.3, -0.25) is 19.7 Å². The van der Waals surface area contributed by atoms with E-state index < -0.39 is 0 Å². The number of rotatable bonds is 5. The SMILES string of the molecule is COc1ccc2c(=O)[nH]c(O)c(C=Nc3ccc(CN4CCCCC4)cc3)c2c1. The highest BCUT2D eigenvalue weighted by Gasteiger charge is 2.11. The van der Waals surface area contributed by atoms with Crippen LogP contribution in [0.15, 0.2) is 52.3 Å². The van der Waals surface area contributed by atoms with Gasteiger partial charge in [-0.05, 0) is 61.8 Å². The molecule has 2 aromatic carbocycles. The second-order valence-corrected chi connectivity index (χ2v) is 7.39. The first kappa shape index (κ1) is 19.2. The van der Waals surface area contributed by atoms with Gasteiger partial charge >= 0.3 is 0 Å². The van der Waals surface area contributed by atoms with Crippen LogP contribution in [0.5, 0.6) is 11.6 Å².